The van der Waals surface area contributed by atoms with Gasteiger partial charge in [0.2, 0.25) is 5.91 Å². The molecule has 4 heterocycles. The Morgan fingerprint density at radius 3 is 2.44 bits per heavy atom. The first-order chi connectivity index (χ1) is 24.4. The number of hydrogen-bond acceptors (Lipinski definition) is 9. The molecule has 5 atom stereocenters. The summed E-state index contributed by atoms with van der Waals surface area (Å²) in [4.78, 5) is 45.4. The van der Waals surface area contributed by atoms with Gasteiger partial charge in [-0.1, -0.05) is 66.7 Å². The molecule has 0 aliphatic carbocycles. The molecule has 4 aliphatic rings. The quantitative estimate of drug-likeness (QED) is 0.274. The van der Waals surface area contributed by atoms with Crippen LogP contribution in [0.1, 0.15) is 73.2 Å². The van der Waals surface area contributed by atoms with E-state index >= 15 is 0 Å². The van der Waals surface area contributed by atoms with Gasteiger partial charge in [-0.05, 0) is 74.1 Å². The molecule has 3 amide bonds. The van der Waals surface area contributed by atoms with E-state index in [4.69, 9.17) is 14.2 Å². The summed E-state index contributed by atoms with van der Waals surface area (Å²) < 4.78 is 18.6. The molecular formula is C39H46N4O7. The zero-order valence-electron chi connectivity index (χ0n) is 28.3. The summed E-state index contributed by atoms with van der Waals surface area (Å²) in [5.74, 6) is -0.934. The van der Waals surface area contributed by atoms with Crippen LogP contribution in [0.25, 0.3) is 0 Å². The second-order valence-corrected chi connectivity index (χ2v) is 13.8. The third kappa shape index (κ3) is 8.08. The van der Waals surface area contributed by atoms with Crippen LogP contribution in [-0.4, -0.2) is 83.7 Å². The maximum Gasteiger partial charge on any atom is 0.408 e. The van der Waals surface area contributed by atoms with Gasteiger partial charge in [0.25, 0.3) is 5.91 Å². The van der Waals surface area contributed by atoms with Gasteiger partial charge in [-0.3, -0.25) is 14.5 Å². The van der Waals surface area contributed by atoms with E-state index in [9.17, 15) is 19.5 Å². The summed E-state index contributed by atoms with van der Waals surface area (Å²) >= 11 is 0. The van der Waals surface area contributed by atoms with E-state index in [2.05, 4.69) is 15.1 Å². The smallest absolute Gasteiger partial charge is 0.408 e. The highest BCUT2D eigenvalue weighted by Gasteiger charge is 2.42. The van der Waals surface area contributed by atoms with Gasteiger partial charge in [-0.2, -0.15) is 0 Å². The van der Waals surface area contributed by atoms with Gasteiger partial charge in [0, 0.05) is 31.1 Å². The Morgan fingerprint density at radius 1 is 0.860 bits per heavy atom. The van der Waals surface area contributed by atoms with Crippen LogP contribution in [0.15, 0.2) is 78.9 Å². The topological polar surface area (TPSA) is 121 Å². The van der Waals surface area contributed by atoms with Crippen molar-refractivity contribution in [1.82, 2.24) is 15.1 Å². The number of imide groups is 1. The number of aliphatic hydroxyl groups is 1. The molecule has 0 bridgehead atoms. The molecule has 0 spiro atoms. The summed E-state index contributed by atoms with van der Waals surface area (Å²) in [6, 6.07) is 23.7. The highest BCUT2D eigenvalue weighted by Crippen LogP contribution is 2.40. The highest BCUT2D eigenvalue weighted by molar-refractivity contribution is 6.22. The second-order valence-electron chi connectivity index (χ2n) is 13.8. The summed E-state index contributed by atoms with van der Waals surface area (Å²) in [7, 11) is 0. The van der Waals surface area contributed by atoms with Crippen LogP contribution in [0, 0.1) is 0 Å². The Labute approximate surface area is 293 Å². The average molecular weight is 683 g/mol. The van der Waals surface area contributed by atoms with E-state index in [0.29, 0.717) is 23.7 Å². The lowest BCUT2D eigenvalue weighted by Crippen LogP contribution is -2.45. The van der Waals surface area contributed by atoms with Crippen molar-refractivity contribution in [2.75, 3.05) is 37.6 Å². The largest absolute Gasteiger partial charge is 0.445 e. The number of rotatable bonds is 11. The number of anilines is 1. The van der Waals surface area contributed by atoms with Crippen molar-refractivity contribution in [3.05, 3.63) is 101 Å². The lowest BCUT2D eigenvalue weighted by atomic mass is 9.99. The number of alkyl carbamates (subject to hydrolysis) is 1. The number of carbonyl (C=O) groups is 3. The minimum absolute atomic E-state index is 0.0283. The summed E-state index contributed by atoms with van der Waals surface area (Å²) in [6.07, 6.45) is 3.59. The maximum atomic E-state index is 13.4. The molecular weight excluding hydrogens is 636 g/mol. The molecule has 4 saturated heterocycles. The standard InChI is InChI=1S/C39H46N4O7/c44-25-27-13-15-29(16-14-27)35-21-33(24-42-19-7-12-32(42)23-41-17-4-5-18-41)49-38(50-35)30-10-6-11-31(20-30)43-36(45)22-34(37(43)46)40-39(47)48-26-28-8-2-1-3-9-28/h1-3,6,8-11,13-16,20,32-35,38,44H,4-5,7,12,17-19,21-26H2,(H,40,47)/t32-,33-,34?,35+,38+/m0/s1. The predicted octanol–water partition coefficient (Wildman–Crippen LogP) is 4.84. The van der Waals surface area contributed by atoms with E-state index in [0.717, 1.165) is 41.2 Å². The first kappa shape index (κ1) is 34.3. The van der Waals surface area contributed by atoms with Crippen molar-refractivity contribution in [1.29, 1.82) is 0 Å². The van der Waals surface area contributed by atoms with Crippen molar-refractivity contribution in [3.63, 3.8) is 0 Å². The Hall–Kier alpha value is -4.13. The molecule has 264 valence electrons. The summed E-state index contributed by atoms with van der Waals surface area (Å²) in [5, 5.41) is 12.2. The second kappa shape index (κ2) is 15.8. The Balaban J connectivity index is 1.05. The van der Waals surface area contributed by atoms with Crippen molar-refractivity contribution in [2.45, 2.75) is 82.3 Å². The monoisotopic (exact) mass is 682 g/mol. The van der Waals surface area contributed by atoms with Crippen LogP contribution < -0.4 is 10.2 Å². The molecule has 7 rings (SSSR count). The van der Waals surface area contributed by atoms with Gasteiger partial charge in [-0.15, -0.1) is 0 Å². The molecule has 11 heteroatoms. The molecule has 4 fully saturated rings. The Morgan fingerprint density at radius 2 is 1.66 bits per heavy atom. The number of nitrogens with zero attached hydrogens (tertiary/aromatic N) is 3. The number of hydrogen-bond donors (Lipinski definition) is 2. The van der Waals surface area contributed by atoms with E-state index < -0.39 is 30.2 Å². The highest BCUT2D eigenvalue weighted by atomic mass is 16.7. The summed E-state index contributed by atoms with van der Waals surface area (Å²) in [6.45, 7) is 5.32. The number of aliphatic hydroxyl groups excluding tert-OH is 1. The Bertz CT molecular complexity index is 1630. The van der Waals surface area contributed by atoms with E-state index in [1.165, 1.54) is 38.8 Å². The summed E-state index contributed by atoms with van der Waals surface area (Å²) in [5.41, 5.74) is 3.74. The van der Waals surface area contributed by atoms with Crippen LogP contribution in [0.5, 0.6) is 0 Å². The molecule has 11 nitrogen and oxygen atoms in total. The molecule has 1 unspecified atom stereocenters. The number of likely N-dealkylation sites (tertiary alicyclic amines) is 2. The fourth-order valence-electron chi connectivity index (χ4n) is 7.63. The van der Waals surface area contributed by atoms with Crippen molar-refractivity contribution in [2.24, 2.45) is 0 Å². The van der Waals surface area contributed by atoms with Crippen LogP contribution in [0.4, 0.5) is 10.5 Å². The minimum atomic E-state index is -1.03. The van der Waals surface area contributed by atoms with E-state index in [-0.39, 0.29) is 31.8 Å². The van der Waals surface area contributed by atoms with Crippen LogP contribution in [0.3, 0.4) is 0 Å². The molecule has 3 aromatic carbocycles. The minimum Gasteiger partial charge on any atom is -0.445 e. The molecule has 2 N–H and O–H groups in total. The van der Waals surface area contributed by atoms with Crippen molar-refractivity contribution >= 4 is 23.6 Å². The number of ether oxygens (including phenoxy) is 3. The SMILES string of the molecule is O=C(NC1CC(=O)N(c2cccc([C@@H]3O[C@H](CN4CCC[C@H]4CN4CCCC4)C[C@H](c4ccc(CO)cc4)O3)c2)C1=O)OCc1ccccc1. The molecule has 0 saturated carbocycles. The number of carbonyl (C=O) groups excluding carboxylic acids is 3. The predicted molar refractivity (Wildman–Crippen MR) is 186 cm³/mol. The van der Waals surface area contributed by atoms with Gasteiger partial charge in [0.1, 0.15) is 12.6 Å². The molecule has 4 aliphatic heterocycles. The molecule has 0 aromatic heterocycles. The third-order valence-corrected chi connectivity index (χ3v) is 10.3. The van der Waals surface area contributed by atoms with Crippen molar-refractivity contribution < 1.29 is 33.7 Å². The lowest BCUT2D eigenvalue weighted by Gasteiger charge is -2.39. The Kier molecular flexibility index (Phi) is 10.9. The molecule has 50 heavy (non-hydrogen) atoms. The maximum absolute atomic E-state index is 13.4. The zero-order chi connectivity index (χ0) is 34.5. The normalized spacial score (nSPS) is 26.1. The lowest BCUT2D eigenvalue weighted by molar-refractivity contribution is -0.253. The van der Waals surface area contributed by atoms with Gasteiger partial charge in [0.05, 0.1) is 30.9 Å². The average Bonchev–Trinajstić information content (AvgIpc) is 3.89. The van der Waals surface area contributed by atoms with Crippen molar-refractivity contribution in [3.8, 4) is 0 Å². The van der Waals surface area contributed by atoms with Crippen LogP contribution in [0.2, 0.25) is 0 Å². The van der Waals surface area contributed by atoms with Crippen LogP contribution >= 0.6 is 0 Å². The van der Waals surface area contributed by atoms with Gasteiger partial charge >= 0.3 is 6.09 Å². The fourth-order valence-corrected chi connectivity index (χ4v) is 7.63. The first-order valence-corrected chi connectivity index (χ1v) is 17.8. The number of nitrogens with one attached hydrogen (secondary N) is 1. The van der Waals surface area contributed by atoms with Gasteiger partial charge < -0.3 is 29.5 Å². The van der Waals surface area contributed by atoms with Gasteiger partial charge in [0.15, 0.2) is 6.29 Å². The zero-order valence-corrected chi connectivity index (χ0v) is 28.3. The first-order valence-electron chi connectivity index (χ1n) is 17.8. The fraction of sp³-hybridized carbons (Fsp3) is 0.462. The number of benzene rings is 3. The van der Waals surface area contributed by atoms with E-state index in [1.807, 2.05) is 60.7 Å². The van der Waals surface area contributed by atoms with E-state index in [1.54, 1.807) is 18.2 Å². The molecule has 3 aromatic rings. The third-order valence-electron chi connectivity index (χ3n) is 10.3. The van der Waals surface area contributed by atoms with Gasteiger partial charge in [-0.25, -0.2) is 9.69 Å². The van der Waals surface area contributed by atoms with Crippen LogP contribution in [-0.2, 0) is 37.0 Å². The molecule has 0 radical (unpaired) electrons. The number of amides is 3.